The average molecular weight is 345 g/mol. The lowest BCUT2D eigenvalue weighted by Crippen LogP contribution is -2.35. The summed E-state index contributed by atoms with van der Waals surface area (Å²) >= 11 is 0. The Bertz CT molecular complexity index is 967. The molecule has 1 aromatic heterocycles. The largest absolute Gasteiger partial charge is 0.482 e. The third-order valence-electron chi connectivity index (χ3n) is 4.46. The number of ether oxygens (including phenoxy) is 1. The number of benzene rings is 2. The number of hydrogen-bond donors (Lipinski definition) is 1. The molecule has 0 fully saturated rings. The van der Waals surface area contributed by atoms with Crippen LogP contribution in [0.4, 0.5) is 17.2 Å². The lowest BCUT2D eigenvalue weighted by atomic mass is 10.0. The van der Waals surface area contributed by atoms with Crippen molar-refractivity contribution in [1.82, 2.24) is 4.98 Å². The minimum atomic E-state index is -0.0499. The van der Waals surface area contributed by atoms with Crippen molar-refractivity contribution in [3.05, 3.63) is 66.4 Å². The molecule has 1 N–H and O–H groups in total. The van der Waals surface area contributed by atoms with E-state index in [4.69, 9.17) is 4.74 Å². The monoisotopic (exact) mass is 345 g/mol. The Labute approximate surface area is 152 Å². The van der Waals surface area contributed by atoms with Gasteiger partial charge in [-0.15, -0.1) is 0 Å². The van der Waals surface area contributed by atoms with Crippen LogP contribution in [0.3, 0.4) is 0 Å². The van der Waals surface area contributed by atoms with Crippen molar-refractivity contribution in [2.75, 3.05) is 23.9 Å². The van der Waals surface area contributed by atoms with Crippen molar-refractivity contribution < 1.29 is 9.53 Å². The molecule has 1 aliphatic heterocycles. The Morgan fingerprint density at radius 1 is 1.04 bits per heavy atom. The van der Waals surface area contributed by atoms with Crippen LogP contribution < -0.4 is 15.0 Å². The number of amides is 1. The van der Waals surface area contributed by atoms with Gasteiger partial charge in [0.15, 0.2) is 6.61 Å². The van der Waals surface area contributed by atoms with Gasteiger partial charge in [0.25, 0.3) is 5.91 Å². The van der Waals surface area contributed by atoms with E-state index < -0.39 is 0 Å². The van der Waals surface area contributed by atoms with E-state index in [-0.39, 0.29) is 12.5 Å². The highest BCUT2D eigenvalue weighted by Crippen LogP contribution is 2.35. The van der Waals surface area contributed by atoms with Crippen LogP contribution in [-0.2, 0) is 4.79 Å². The fourth-order valence-corrected chi connectivity index (χ4v) is 2.92. The molecule has 2 heterocycles. The molecule has 3 aromatic rings. The Kier molecular flexibility index (Phi) is 4.05. The van der Waals surface area contributed by atoms with Crippen LogP contribution in [0.2, 0.25) is 0 Å². The fraction of sp³-hybridized carbons (Fsp3) is 0.143. The zero-order chi connectivity index (χ0) is 18.1. The number of fused-ring (bicyclic) bond motifs is 1. The Morgan fingerprint density at radius 3 is 2.62 bits per heavy atom. The first kappa shape index (κ1) is 16.1. The Morgan fingerprint density at radius 2 is 1.81 bits per heavy atom. The summed E-state index contributed by atoms with van der Waals surface area (Å²) in [5, 5.41) is 3.32. The van der Waals surface area contributed by atoms with Crippen LogP contribution in [-0.4, -0.2) is 24.5 Å². The molecule has 0 aliphatic carbocycles. The van der Waals surface area contributed by atoms with Gasteiger partial charge in [0.2, 0.25) is 0 Å². The van der Waals surface area contributed by atoms with Gasteiger partial charge in [0.1, 0.15) is 11.6 Å². The normalized spacial score (nSPS) is 13.2. The quantitative estimate of drug-likeness (QED) is 0.774. The predicted octanol–water partition coefficient (Wildman–Crippen LogP) is 4.16. The number of nitrogens with one attached hydrogen (secondary N) is 1. The summed E-state index contributed by atoms with van der Waals surface area (Å²) in [6.07, 6.45) is 1.77. The van der Waals surface area contributed by atoms with Crippen LogP contribution in [0, 0.1) is 6.92 Å². The van der Waals surface area contributed by atoms with Crippen molar-refractivity contribution >= 4 is 23.1 Å². The first-order valence-corrected chi connectivity index (χ1v) is 8.44. The van der Waals surface area contributed by atoms with E-state index >= 15 is 0 Å². The summed E-state index contributed by atoms with van der Waals surface area (Å²) in [5.41, 5.74) is 5.01. The van der Waals surface area contributed by atoms with Gasteiger partial charge in [-0.3, -0.25) is 4.79 Å². The summed E-state index contributed by atoms with van der Waals surface area (Å²) in [6, 6.07) is 18.0. The molecule has 0 saturated carbocycles. The second-order valence-corrected chi connectivity index (χ2v) is 6.34. The summed E-state index contributed by atoms with van der Waals surface area (Å²) in [4.78, 5) is 17.9. The molecule has 0 atom stereocenters. The SMILES string of the molecule is Cc1ccc(Nc2cc(-c3ccc4c(c3)N(C)C(=O)CO4)ccn2)cc1. The van der Waals surface area contributed by atoms with Crippen LogP contribution >= 0.6 is 0 Å². The van der Waals surface area contributed by atoms with Crippen LogP contribution in [0.25, 0.3) is 11.1 Å². The molecule has 4 rings (SSSR count). The molecule has 1 amide bonds. The van der Waals surface area contributed by atoms with Crippen molar-refractivity contribution in [3.8, 4) is 16.9 Å². The van der Waals surface area contributed by atoms with Gasteiger partial charge in [0.05, 0.1) is 5.69 Å². The number of carbonyl (C=O) groups excluding carboxylic acids is 1. The van der Waals surface area contributed by atoms with E-state index in [2.05, 4.69) is 29.4 Å². The molecular weight excluding hydrogens is 326 g/mol. The number of rotatable bonds is 3. The van der Waals surface area contributed by atoms with Crippen LogP contribution in [0.15, 0.2) is 60.8 Å². The highest BCUT2D eigenvalue weighted by molar-refractivity contribution is 5.98. The van der Waals surface area contributed by atoms with Gasteiger partial charge in [-0.1, -0.05) is 23.8 Å². The molecule has 130 valence electrons. The maximum absolute atomic E-state index is 11.9. The lowest BCUT2D eigenvalue weighted by molar-refractivity contribution is -0.120. The Balaban J connectivity index is 1.64. The molecular formula is C21H19N3O2. The summed E-state index contributed by atoms with van der Waals surface area (Å²) in [6.45, 7) is 2.15. The molecule has 1 aliphatic rings. The van der Waals surface area contributed by atoms with Crippen molar-refractivity contribution in [1.29, 1.82) is 0 Å². The number of aromatic nitrogens is 1. The van der Waals surface area contributed by atoms with Gasteiger partial charge in [-0.2, -0.15) is 0 Å². The number of likely N-dealkylation sites (N-methyl/N-ethyl adjacent to an activating group) is 1. The van der Waals surface area contributed by atoms with E-state index in [0.29, 0.717) is 0 Å². The van der Waals surface area contributed by atoms with E-state index in [9.17, 15) is 4.79 Å². The number of pyridine rings is 1. The second kappa shape index (κ2) is 6.52. The van der Waals surface area contributed by atoms with E-state index in [1.807, 2.05) is 42.5 Å². The van der Waals surface area contributed by atoms with Crippen molar-refractivity contribution in [2.24, 2.45) is 0 Å². The number of nitrogens with zero attached hydrogens (tertiary/aromatic N) is 2. The number of hydrogen-bond acceptors (Lipinski definition) is 4. The van der Waals surface area contributed by atoms with Gasteiger partial charge >= 0.3 is 0 Å². The molecule has 5 nitrogen and oxygen atoms in total. The van der Waals surface area contributed by atoms with Gasteiger partial charge in [-0.25, -0.2) is 4.98 Å². The topological polar surface area (TPSA) is 54.5 Å². The highest BCUT2D eigenvalue weighted by Gasteiger charge is 2.22. The maximum Gasteiger partial charge on any atom is 0.264 e. The molecule has 5 heteroatoms. The van der Waals surface area contributed by atoms with E-state index in [1.165, 1.54) is 5.56 Å². The summed E-state index contributed by atoms with van der Waals surface area (Å²) < 4.78 is 5.49. The number of aryl methyl sites for hydroxylation is 1. The number of anilines is 3. The molecule has 26 heavy (non-hydrogen) atoms. The highest BCUT2D eigenvalue weighted by atomic mass is 16.5. The third kappa shape index (κ3) is 3.11. The first-order chi connectivity index (χ1) is 12.6. The molecule has 0 unspecified atom stereocenters. The zero-order valence-electron chi connectivity index (χ0n) is 14.7. The summed E-state index contributed by atoms with van der Waals surface area (Å²) in [7, 11) is 1.77. The van der Waals surface area contributed by atoms with Gasteiger partial charge < -0.3 is 15.0 Å². The van der Waals surface area contributed by atoms with Crippen molar-refractivity contribution in [3.63, 3.8) is 0 Å². The molecule has 0 saturated heterocycles. The van der Waals surface area contributed by atoms with Crippen LogP contribution in [0.1, 0.15) is 5.56 Å². The predicted molar refractivity (Wildman–Crippen MR) is 103 cm³/mol. The minimum Gasteiger partial charge on any atom is -0.482 e. The average Bonchev–Trinajstić information content (AvgIpc) is 2.67. The zero-order valence-corrected chi connectivity index (χ0v) is 14.7. The molecule has 0 bridgehead atoms. The standard InChI is InChI=1S/C21H19N3O2/c1-14-3-6-17(7-4-14)23-20-12-16(9-10-22-20)15-5-8-19-18(11-15)24(2)21(25)13-26-19/h3-12H,13H2,1-2H3,(H,22,23). The van der Waals surface area contributed by atoms with Crippen LogP contribution in [0.5, 0.6) is 5.75 Å². The van der Waals surface area contributed by atoms with Gasteiger partial charge in [-0.05, 0) is 54.4 Å². The lowest BCUT2D eigenvalue weighted by Gasteiger charge is -2.26. The molecule has 0 radical (unpaired) electrons. The maximum atomic E-state index is 11.9. The molecule has 2 aromatic carbocycles. The minimum absolute atomic E-state index is 0.0499. The second-order valence-electron chi connectivity index (χ2n) is 6.34. The smallest absolute Gasteiger partial charge is 0.264 e. The van der Waals surface area contributed by atoms with E-state index in [0.717, 1.165) is 34.1 Å². The fourth-order valence-electron chi connectivity index (χ4n) is 2.92. The molecule has 0 spiro atoms. The van der Waals surface area contributed by atoms with E-state index in [1.54, 1.807) is 18.1 Å². The van der Waals surface area contributed by atoms with Crippen molar-refractivity contribution in [2.45, 2.75) is 6.92 Å². The number of carbonyl (C=O) groups is 1. The Hall–Kier alpha value is -3.34. The summed E-state index contributed by atoms with van der Waals surface area (Å²) in [5.74, 6) is 1.44. The third-order valence-corrected chi connectivity index (χ3v) is 4.46. The van der Waals surface area contributed by atoms with Gasteiger partial charge in [0, 0.05) is 18.9 Å². The first-order valence-electron chi connectivity index (χ1n) is 8.44.